The zero-order valence-electron chi connectivity index (χ0n) is 32.6. The number of hydrogen-bond donors (Lipinski definition) is 1. The van der Waals surface area contributed by atoms with Gasteiger partial charge in [0.25, 0.3) is 5.56 Å². The van der Waals surface area contributed by atoms with Crippen molar-refractivity contribution in [3.63, 3.8) is 0 Å². The minimum Gasteiger partial charge on any atom is -0.462 e. The third-order valence-corrected chi connectivity index (χ3v) is 15.8. The fourth-order valence-corrected chi connectivity index (χ4v) is 12.5. The summed E-state index contributed by atoms with van der Waals surface area (Å²) in [5.41, 5.74) is 0.785. The number of hydrogen-bond acceptors (Lipinski definition) is 12. The fourth-order valence-electron chi connectivity index (χ4n) is 11.3. The topological polar surface area (TPSA) is 179 Å². The third-order valence-electron chi connectivity index (χ3n) is 14.5. The minimum absolute atomic E-state index is 0.0127. The number of ketones is 1. The molecule has 1 aromatic carbocycles. The number of carbonyl (C=O) groups is 3. The van der Waals surface area contributed by atoms with E-state index in [0.717, 1.165) is 62.5 Å². The second-order valence-electron chi connectivity index (χ2n) is 17.5. The molecule has 2 aliphatic heterocycles. The number of fused-ring (bicyclic) bond motifs is 6. The lowest BCUT2D eigenvalue weighted by molar-refractivity contribution is -0.167. The number of nitrogens with zero attached hydrogens (tertiary/aromatic N) is 1. The molecule has 15 heteroatoms. The number of aromatic amines is 1. The Hall–Kier alpha value is -3.58. The van der Waals surface area contributed by atoms with Gasteiger partial charge >= 0.3 is 25.5 Å². The van der Waals surface area contributed by atoms with Gasteiger partial charge in [-0.25, -0.2) is 9.36 Å². The van der Waals surface area contributed by atoms with E-state index in [1.807, 2.05) is 13.0 Å². The van der Waals surface area contributed by atoms with Crippen molar-refractivity contribution in [3.05, 3.63) is 61.9 Å². The molecule has 1 aromatic heterocycles. The summed E-state index contributed by atoms with van der Waals surface area (Å²) in [5, 5.41) is 0. The van der Waals surface area contributed by atoms with E-state index < -0.39 is 49.4 Å². The fraction of sp³-hybridized carbons (Fsp3) is 0.683. The van der Waals surface area contributed by atoms with E-state index in [2.05, 4.69) is 18.8 Å². The molecule has 0 bridgehead atoms. The maximum absolute atomic E-state index is 13.5. The smallest absolute Gasteiger partial charge is 0.462 e. The molecule has 0 amide bonds. The zero-order valence-corrected chi connectivity index (χ0v) is 33.5. The highest BCUT2D eigenvalue weighted by Gasteiger charge is 2.61. The van der Waals surface area contributed by atoms with Gasteiger partial charge in [-0.1, -0.05) is 26.0 Å². The highest BCUT2D eigenvalue weighted by Crippen LogP contribution is 2.66. The van der Waals surface area contributed by atoms with Crippen LogP contribution in [0.5, 0.6) is 5.75 Å². The standard InChI is InChI=1S/C41H53N2O12P/c1-23-6-5-7-31-28(23)21-50-56(49,55-31)51-22-33-32(19-35(52-33)43-20-24(2)38(47)42-39(43)48)53-36(45)12-13-37(46)54-34-11-10-29-27-9-8-25-18-26(44)14-16-40(25,3)30(27)15-17-41(29,34)4/h5-7,20,25,27,29-30,32-35H,8-19,21-22H2,1-4H3,(H,42,47,48). The predicted molar refractivity (Wildman–Crippen MR) is 200 cm³/mol. The molecule has 4 saturated carbocycles. The first-order valence-electron chi connectivity index (χ1n) is 20.2. The van der Waals surface area contributed by atoms with Gasteiger partial charge in [0.15, 0.2) is 0 Å². The van der Waals surface area contributed by atoms with Gasteiger partial charge in [-0.05, 0) is 99.5 Å². The molecule has 4 aliphatic carbocycles. The number of nitrogens with one attached hydrogen (secondary N) is 1. The van der Waals surface area contributed by atoms with Crippen LogP contribution in [0.3, 0.4) is 0 Å². The Labute approximate surface area is 325 Å². The van der Waals surface area contributed by atoms with Crippen LogP contribution in [-0.2, 0) is 48.8 Å². The van der Waals surface area contributed by atoms with Crippen molar-refractivity contribution < 1.29 is 46.7 Å². The molecule has 11 unspecified atom stereocenters. The van der Waals surface area contributed by atoms with Crippen LogP contribution in [0.4, 0.5) is 0 Å². The average molecular weight is 797 g/mol. The summed E-state index contributed by atoms with van der Waals surface area (Å²) < 4.78 is 49.6. The number of esters is 2. The molecule has 14 nitrogen and oxygen atoms in total. The normalized spacial score (nSPS) is 37.4. The highest BCUT2D eigenvalue weighted by molar-refractivity contribution is 7.49. The van der Waals surface area contributed by atoms with E-state index in [1.165, 1.54) is 10.8 Å². The van der Waals surface area contributed by atoms with Crippen molar-refractivity contribution in [2.24, 2.45) is 34.5 Å². The Bertz CT molecular complexity index is 2060. The number of phosphoric acid groups is 1. The first-order valence-corrected chi connectivity index (χ1v) is 21.7. The number of carbonyl (C=O) groups excluding carboxylic acids is 3. The molecular formula is C41H53N2O12P. The van der Waals surface area contributed by atoms with Crippen LogP contribution in [0.1, 0.15) is 114 Å². The molecule has 2 aromatic rings. The Morgan fingerprint density at radius 3 is 2.52 bits per heavy atom. The van der Waals surface area contributed by atoms with E-state index in [9.17, 15) is 28.5 Å². The van der Waals surface area contributed by atoms with Crippen LogP contribution >= 0.6 is 7.82 Å². The molecule has 0 radical (unpaired) electrons. The molecule has 56 heavy (non-hydrogen) atoms. The van der Waals surface area contributed by atoms with Crippen LogP contribution in [0, 0.1) is 48.3 Å². The Balaban J connectivity index is 0.885. The predicted octanol–water partition coefficient (Wildman–Crippen LogP) is 6.39. The van der Waals surface area contributed by atoms with Crippen molar-refractivity contribution in [1.82, 2.24) is 9.55 Å². The van der Waals surface area contributed by atoms with E-state index in [4.69, 9.17) is 27.8 Å². The monoisotopic (exact) mass is 796 g/mol. The van der Waals surface area contributed by atoms with Crippen molar-refractivity contribution in [1.29, 1.82) is 0 Å². The molecule has 1 N–H and O–H groups in total. The van der Waals surface area contributed by atoms with Gasteiger partial charge in [0, 0.05) is 42.0 Å². The van der Waals surface area contributed by atoms with Crippen molar-refractivity contribution in [2.75, 3.05) is 6.61 Å². The van der Waals surface area contributed by atoms with Gasteiger partial charge < -0.3 is 18.7 Å². The van der Waals surface area contributed by atoms with Crippen molar-refractivity contribution in [3.8, 4) is 5.75 Å². The maximum atomic E-state index is 13.5. The van der Waals surface area contributed by atoms with E-state index in [-0.39, 0.29) is 55.0 Å². The lowest BCUT2D eigenvalue weighted by atomic mass is 9.45. The molecular weight excluding hydrogens is 743 g/mol. The number of Topliss-reactive ketones (excluding diaryl/α,β-unsaturated/α-hetero) is 1. The number of ether oxygens (including phenoxy) is 3. The molecule has 0 spiro atoms. The second kappa shape index (κ2) is 15.0. The van der Waals surface area contributed by atoms with E-state index in [1.54, 1.807) is 19.1 Å². The van der Waals surface area contributed by atoms with Gasteiger partial charge in [-0.2, -0.15) is 0 Å². The lowest BCUT2D eigenvalue weighted by Crippen LogP contribution is -2.54. The molecule has 8 rings (SSSR count). The summed E-state index contributed by atoms with van der Waals surface area (Å²) in [6.07, 6.45) is 6.36. The molecule has 5 fully saturated rings. The van der Waals surface area contributed by atoms with Gasteiger partial charge in [-0.15, -0.1) is 0 Å². The van der Waals surface area contributed by atoms with Gasteiger partial charge in [0.05, 0.1) is 26.1 Å². The van der Waals surface area contributed by atoms with Crippen molar-refractivity contribution >= 4 is 25.5 Å². The number of phosphoric ester groups is 1. The van der Waals surface area contributed by atoms with Gasteiger partial charge in [-0.3, -0.25) is 37.8 Å². The Morgan fingerprint density at radius 1 is 0.946 bits per heavy atom. The Morgan fingerprint density at radius 2 is 1.71 bits per heavy atom. The van der Waals surface area contributed by atoms with Gasteiger partial charge in [0.1, 0.15) is 36.1 Å². The second-order valence-corrected chi connectivity index (χ2v) is 19.1. The third kappa shape index (κ3) is 7.24. The van der Waals surface area contributed by atoms with Crippen LogP contribution in [0.25, 0.3) is 0 Å². The quantitative estimate of drug-likeness (QED) is 0.219. The van der Waals surface area contributed by atoms with Crippen LogP contribution in [0.2, 0.25) is 0 Å². The zero-order chi connectivity index (χ0) is 39.6. The van der Waals surface area contributed by atoms with E-state index in [0.29, 0.717) is 41.6 Å². The first kappa shape index (κ1) is 39.3. The maximum Gasteiger partial charge on any atom is 0.530 e. The molecule has 3 heterocycles. The average Bonchev–Trinajstić information content (AvgIpc) is 3.71. The summed E-state index contributed by atoms with van der Waals surface area (Å²) in [4.78, 5) is 65.9. The number of aryl methyl sites for hydroxylation is 2. The van der Waals surface area contributed by atoms with Crippen LogP contribution in [-0.4, -0.2) is 52.2 Å². The highest BCUT2D eigenvalue weighted by atomic mass is 31.2. The van der Waals surface area contributed by atoms with E-state index >= 15 is 0 Å². The molecule has 304 valence electrons. The SMILES string of the molecule is Cc1cccc2c1COP(=O)(OCC1OC(n3cc(C)c(=O)[nH]c3=O)CC1OC(=O)CCC(=O)OC1CCC3C4CCC5CC(=O)CCC5(C)C4CCC13C)O2. The van der Waals surface area contributed by atoms with Crippen LogP contribution < -0.4 is 15.8 Å². The van der Waals surface area contributed by atoms with Crippen molar-refractivity contribution in [2.45, 2.75) is 136 Å². The number of benzene rings is 1. The molecule has 6 aliphatic rings. The summed E-state index contributed by atoms with van der Waals surface area (Å²) in [6.45, 7) is 7.78. The summed E-state index contributed by atoms with van der Waals surface area (Å²) in [7, 11) is -4.08. The summed E-state index contributed by atoms with van der Waals surface area (Å²) in [5.74, 6) is 1.79. The lowest BCUT2D eigenvalue weighted by Gasteiger charge is -2.60. The summed E-state index contributed by atoms with van der Waals surface area (Å²) in [6, 6.07) is 5.33. The first-order chi connectivity index (χ1) is 26.7. The largest absolute Gasteiger partial charge is 0.530 e. The van der Waals surface area contributed by atoms with Gasteiger partial charge in [0.2, 0.25) is 0 Å². The molecule has 1 saturated heterocycles. The summed E-state index contributed by atoms with van der Waals surface area (Å²) >= 11 is 0. The Kier molecular flexibility index (Phi) is 10.5. The number of aromatic nitrogens is 2. The number of rotatable bonds is 9. The van der Waals surface area contributed by atoms with Crippen LogP contribution in [0.15, 0.2) is 34.0 Å². The number of H-pyrrole nitrogens is 1. The minimum atomic E-state index is -4.08. The molecule has 11 atom stereocenters.